The molecule has 0 radical (unpaired) electrons. The molecule has 30 heavy (non-hydrogen) atoms. The number of carbonyl (C=O) groups is 2. The molecule has 2 aliphatic rings. The van der Waals surface area contributed by atoms with Crippen molar-refractivity contribution in [2.24, 2.45) is 17.3 Å². The summed E-state index contributed by atoms with van der Waals surface area (Å²) < 4.78 is 5.28. The highest BCUT2D eigenvalue weighted by Crippen LogP contribution is 2.45. The molecule has 4 rings (SSSR count). The Hall–Kier alpha value is -2.67. The van der Waals surface area contributed by atoms with E-state index in [1.165, 1.54) is 12.0 Å². The first kappa shape index (κ1) is 20.6. The van der Waals surface area contributed by atoms with Crippen molar-refractivity contribution in [3.63, 3.8) is 0 Å². The van der Waals surface area contributed by atoms with Crippen LogP contribution in [0.1, 0.15) is 35.7 Å². The zero-order chi connectivity index (χ0) is 21.3. The highest BCUT2D eigenvalue weighted by atomic mass is 16.3. The van der Waals surface area contributed by atoms with E-state index in [9.17, 15) is 9.59 Å². The number of carbonyl (C=O) groups excluding carboxylic acids is 2. The number of hydrogen-bond acceptors (Lipinski definition) is 5. The zero-order valence-electron chi connectivity index (χ0n) is 17.9. The largest absolute Gasteiger partial charge is 0.438 e. The third-order valence-electron chi connectivity index (χ3n) is 6.21. The van der Waals surface area contributed by atoms with Crippen LogP contribution in [0.4, 0.5) is 0 Å². The molecular formula is C23H30N4O3. The van der Waals surface area contributed by atoms with Crippen molar-refractivity contribution in [2.45, 2.75) is 27.3 Å². The first-order valence-electron chi connectivity index (χ1n) is 10.6. The van der Waals surface area contributed by atoms with Gasteiger partial charge in [0.1, 0.15) is 0 Å². The summed E-state index contributed by atoms with van der Waals surface area (Å²) in [5.41, 5.74) is 1.63. The number of amides is 2. The number of likely N-dealkylation sites (tertiary alicyclic amines) is 2. The van der Waals surface area contributed by atoms with Gasteiger partial charge in [-0.05, 0) is 18.4 Å². The predicted molar refractivity (Wildman–Crippen MR) is 113 cm³/mol. The summed E-state index contributed by atoms with van der Waals surface area (Å²) in [7, 11) is 0. The van der Waals surface area contributed by atoms with E-state index in [0.29, 0.717) is 43.6 Å². The minimum atomic E-state index is -0.209. The molecule has 1 spiro atoms. The average molecular weight is 411 g/mol. The van der Waals surface area contributed by atoms with Crippen LogP contribution in [0, 0.1) is 24.2 Å². The predicted octanol–water partition coefficient (Wildman–Crippen LogP) is 2.33. The van der Waals surface area contributed by atoms with Gasteiger partial charge in [0.05, 0.1) is 11.6 Å². The Morgan fingerprint density at radius 2 is 1.97 bits per heavy atom. The number of benzene rings is 1. The van der Waals surface area contributed by atoms with Crippen molar-refractivity contribution in [1.29, 1.82) is 0 Å². The monoisotopic (exact) mass is 410 g/mol. The first-order chi connectivity index (χ1) is 14.4. The van der Waals surface area contributed by atoms with E-state index in [-0.39, 0.29) is 23.1 Å². The van der Waals surface area contributed by atoms with Crippen LogP contribution in [-0.4, -0.2) is 59.3 Å². The van der Waals surface area contributed by atoms with Crippen LogP contribution in [-0.2, 0) is 11.3 Å². The summed E-state index contributed by atoms with van der Waals surface area (Å²) in [6.45, 7) is 10.1. The smallest absolute Gasteiger partial charge is 0.291 e. The van der Waals surface area contributed by atoms with Crippen LogP contribution in [0.15, 0.2) is 41.1 Å². The van der Waals surface area contributed by atoms with Gasteiger partial charge in [0, 0.05) is 44.7 Å². The molecule has 7 heteroatoms. The molecule has 1 aromatic heterocycles. The number of aromatic nitrogens is 1. The topological polar surface area (TPSA) is 78.7 Å². The van der Waals surface area contributed by atoms with Gasteiger partial charge in [0.15, 0.2) is 6.39 Å². The van der Waals surface area contributed by atoms with E-state index in [1.54, 1.807) is 11.8 Å². The lowest BCUT2D eigenvalue weighted by molar-refractivity contribution is -0.131. The molecule has 2 amide bonds. The van der Waals surface area contributed by atoms with Gasteiger partial charge in [0.25, 0.3) is 5.91 Å². The molecule has 0 aliphatic carbocycles. The average Bonchev–Trinajstić information content (AvgIpc) is 3.29. The zero-order valence-corrected chi connectivity index (χ0v) is 17.9. The second kappa shape index (κ2) is 8.22. The van der Waals surface area contributed by atoms with Crippen molar-refractivity contribution in [3.8, 4) is 0 Å². The number of aryl methyl sites for hydroxylation is 1. The highest BCUT2D eigenvalue weighted by molar-refractivity contribution is 5.93. The van der Waals surface area contributed by atoms with Crippen LogP contribution in [0.2, 0.25) is 0 Å². The molecule has 1 aromatic carbocycles. The molecule has 3 heterocycles. The minimum Gasteiger partial charge on any atom is -0.438 e. The Kier molecular flexibility index (Phi) is 5.64. The summed E-state index contributed by atoms with van der Waals surface area (Å²) in [6, 6.07) is 10.3. The molecule has 160 valence electrons. The molecule has 2 saturated heterocycles. The summed E-state index contributed by atoms with van der Waals surface area (Å²) in [4.78, 5) is 34.0. The Balaban J connectivity index is 1.48. The van der Waals surface area contributed by atoms with Crippen molar-refractivity contribution in [1.82, 2.24) is 20.1 Å². The lowest BCUT2D eigenvalue weighted by Gasteiger charge is -2.50. The second-order valence-corrected chi connectivity index (χ2v) is 9.14. The number of hydrogen-bond donors (Lipinski definition) is 1. The lowest BCUT2D eigenvalue weighted by Crippen LogP contribution is -2.64. The Morgan fingerprint density at radius 1 is 1.23 bits per heavy atom. The SMILES string of the molecule is Cc1ncoc1C(=O)N1CC2(CN(Cc3ccccc3)CC2C(=O)NCC(C)C)C1. The fraction of sp³-hybridized carbons (Fsp3) is 0.522. The molecule has 2 aromatic rings. The fourth-order valence-electron chi connectivity index (χ4n) is 4.65. The standard InChI is InChI=1S/C23H30N4O3/c1-16(2)9-24-21(28)19-11-26(10-18-7-5-4-6-8-18)12-23(19)13-27(14-23)22(29)20-17(3)25-15-30-20/h4-8,15-16,19H,9-14H2,1-3H3,(H,24,28). The number of oxazole rings is 1. The Labute approximate surface area is 177 Å². The quantitative estimate of drug-likeness (QED) is 0.791. The van der Waals surface area contributed by atoms with E-state index in [1.807, 2.05) is 18.2 Å². The van der Waals surface area contributed by atoms with Gasteiger partial charge in [-0.15, -0.1) is 0 Å². The molecule has 1 N–H and O–H groups in total. The van der Waals surface area contributed by atoms with Gasteiger partial charge in [-0.2, -0.15) is 0 Å². The summed E-state index contributed by atoms with van der Waals surface area (Å²) in [5.74, 6) is 0.533. The van der Waals surface area contributed by atoms with Crippen molar-refractivity contribution >= 4 is 11.8 Å². The van der Waals surface area contributed by atoms with Gasteiger partial charge in [-0.25, -0.2) is 4.98 Å². The number of nitrogens with one attached hydrogen (secondary N) is 1. The van der Waals surface area contributed by atoms with E-state index in [2.05, 4.69) is 41.2 Å². The highest BCUT2D eigenvalue weighted by Gasteiger charge is 2.58. The molecule has 1 atom stereocenters. The molecule has 7 nitrogen and oxygen atoms in total. The molecule has 2 aliphatic heterocycles. The summed E-state index contributed by atoms with van der Waals surface area (Å²) >= 11 is 0. The lowest BCUT2D eigenvalue weighted by atomic mass is 9.71. The van der Waals surface area contributed by atoms with E-state index >= 15 is 0 Å². The Morgan fingerprint density at radius 3 is 2.60 bits per heavy atom. The number of nitrogens with zero attached hydrogens (tertiary/aromatic N) is 3. The minimum absolute atomic E-state index is 0.0993. The van der Waals surface area contributed by atoms with Crippen LogP contribution < -0.4 is 5.32 Å². The maximum Gasteiger partial charge on any atom is 0.291 e. The third kappa shape index (κ3) is 3.99. The molecule has 0 bridgehead atoms. The second-order valence-electron chi connectivity index (χ2n) is 9.14. The van der Waals surface area contributed by atoms with Gasteiger partial charge in [0.2, 0.25) is 11.7 Å². The first-order valence-corrected chi connectivity index (χ1v) is 10.6. The van der Waals surface area contributed by atoms with E-state index in [4.69, 9.17) is 4.42 Å². The molecule has 1 unspecified atom stereocenters. The Bertz CT molecular complexity index is 902. The van der Waals surface area contributed by atoms with Crippen LogP contribution >= 0.6 is 0 Å². The fourth-order valence-corrected chi connectivity index (χ4v) is 4.65. The third-order valence-corrected chi connectivity index (χ3v) is 6.21. The van der Waals surface area contributed by atoms with Gasteiger partial charge in [-0.1, -0.05) is 44.2 Å². The maximum atomic E-state index is 13.0. The van der Waals surface area contributed by atoms with E-state index in [0.717, 1.165) is 13.1 Å². The summed E-state index contributed by atoms with van der Waals surface area (Å²) in [5, 5.41) is 3.12. The normalized spacial score (nSPS) is 20.5. The molecular weight excluding hydrogens is 380 g/mol. The van der Waals surface area contributed by atoms with Gasteiger partial charge >= 0.3 is 0 Å². The molecule has 2 fully saturated rings. The maximum absolute atomic E-state index is 13.0. The number of rotatable bonds is 6. The summed E-state index contributed by atoms with van der Waals surface area (Å²) in [6.07, 6.45) is 1.30. The van der Waals surface area contributed by atoms with Gasteiger partial charge in [-0.3, -0.25) is 14.5 Å². The van der Waals surface area contributed by atoms with Crippen molar-refractivity contribution in [3.05, 3.63) is 53.7 Å². The van der Waals surface area contributed by atoms with E-state index < -0.39 is 0 Å². The van der Waals surface area contributed by atoms with Crippen LogP contribution in [0.25, 0.3) is 0 Å². The molecule has 0 saturated carbocycles. The van der Waals surface area contributed by atoms with Crippen LogP contribution in [0.3, 0.4) is 0 Å². The van der Waals surface area contributed by atoms with Crippen molar-refractivity contribution in [2.75, 3.05) is 32.7 Å². The van der Waals surface area contributed by atoms with Crippen molar-refractivity contribution < 1.29 is 14.0 Å². The van der Waals surface area contributed by atoms with Gasteiger partial charge < -0.3 is 14.6 Å². The van der Waals surface area contributed by atoms with Crippen LogP contribution in [0.5, 0.6) is 0 Å².